The molecule has 2 heterocycles. The molecule has 1 aliphatic rings. The second-order valence-electron chi connectivity index (χ2n) is 7.28. The van der Waals surface area contributed by atoms with E-state index < -0.39 is 5.60 Å². The highest BCUT2D eigenvalue weighted by Gasteiger charge is 2.23. The van der Waals surface area contributed by atoms with Gasteiger partial charge in [0, 0.05) is 44.1 Å². The van der Waals surface area contributed by atoms with Gasteiger partial charge in [-0.1, -0.05) is 0 Å². The van der Waals surface area contributed by atoms with Crippen LogP contribution in [0.3, 0.4) is 0 Å². The summed E-state index contributed by atoms with van der Waals surface area (Å²) in [5.74, 6) is 0.781. The lowest BCUT2D eigenvalue weighted by atomic mass is 10.1. The molecule has 1 aliphatic heterocycles. The Morgan fingerprint density at radius 1 is 1.42 bits per heavy atom. The molecule has 2 atom stereocenters. The molecule has 0 saturated carbocycles. The summed E-state index contributed by atoms with van der Waals surface area (Å²) in [5, 5.41) is 6.38. The molecule has 2 unspecified atom stereocenters. The maximum absolute atomic E-state index is 11.7. The van der Waals surface area contributed by atoms with Crippen molar-refractivity contribution < 1.29 is 9.53 Å². The zero-order valence-corrected chi connectivity index (χ0v) is 15.1. The van der Waals surface area contributed by atoms with Crippen LogP contribution < -0.4 is 15.5 Å². The minimum Gasteiger partial charge on any atom is -0.444 e. The Labute approximate surface area is 144 Å². The fourth-order valence-corrected chi connectivity index (χ4v) is 2.76. The number of anilines is 1. The number of amides is 1. The molecular formula is C17H29N5O2. The number of nitrogens with zero attached hydrogens (tertiary/aromatic N) is 3. The van der Waals surface area contributed by atoms with Crippen molar-refractivity contribution in [1.82, 2.24) is 20.6 Å². The largest absolute Gasteiger partial charge is 0.444 e. The summed E-state index contributed by atoms with van der Waals surface area (Å²) in [4.78, 5) is 22.6. The molecule has 2 rings (SSSR count). The van der Waals surface area contributed by atoms with Crippen molar-refractivity contribution in [3.63, 3.8) is 0 Å². The van der Waals surface area contributed by atoms with E-state index >= 15 is 0 Å². The number of rotatable bonds is 5. The summed E-state index contributed by atoms with van der Waals surface area (Å²) in [6, 6.07) is 2.35. The topological polar surface area (TPSA) is 79.4 Å². The number of nitrogens with one attached hydrogen (secondary N) is 2. The normalized spacial score (nSPS) is 19.7. The number of alkyl carbamates (subject to hydrolysis) is 1. The Morgan fingerprint density at radius 3 is 2.79 bits per heavy atom. The SMILES string of the molecule is CC(CNC(=O)OC(C)(C)C)NC1CCCN(c2ncccn2)C1. The first-order chi connectivity index (χ1) is 11.3. The van der Waals surface area contributed by atoms with Gasteiger partial charge in [-0.3, -0.25) is 0 Å². The van der Waals surface area contributed by atoms with E-state index in [0.29, 0.717) is 12.6 Å². The second-order valence-corrected chi connectivity index (χ2v) is 7.28. The maximum Gasteiger partial charge on any atom is 0.407 e. The van der Waals surface area contributed by atoms with Crippen LogP contribution in [0.1, 0.15) is 40.5 Å². The van der Waals surface area contributed by atoms with E-state index in [2.05, 4.69) is 32.4 Å². The first-order valence-electron chi connectivity index (χ1n) is 8.58. The van der Waals surface area contributed by atoms with Gasteiger partial charge < -0.3 is 20.3 Å². The first-order valence-corrected chi connectivity index (χ1v) is 8.58. The molecule has 0 aliphatic carbocycles. The summed E-state index contributed by atoms with van der Waals surface area (Å²) in [6.45, 7) is 10.0. The fourth-order valence-electron chi connectivity index (χ4n) is 2.76. The lowest BCUT2D eigenvalue weighted by Gasteiger charge is -2.34. The molecule has 0 radical (unpaired) electrons. The van der Waals surface area contributed by atoms with Gasteiger partial charge in [0.25, 0.3) is 0 Å². The van der Waals surface area contributed by atoms with Crippen LogP contribution in [0.5, 0.6) is 0 Å². The summed E-state index contributed by atoms with van der Waals surface area (Å²) >= 11 is 0. The third-order valence-electron chi connectivity index (χ3n) is 3.73. The highest BCUT2D eigenvalue weighted by Crippen LogP contribution is 2.15. The Bertz CT molecular complexity index is 517. The lowest BCUT2D eigenvalue weighted by molar-refractivity contribution is 0.0522. The zero-order chi connectivity index (χ0) is 17.6. The highest BCUT2D eigenvalue weighted by atomic mass is 16.6. The number of carbonyl (C=O) groups is 1. The van der Waals surface area contributed by atoms with E-state index in [4.69, 9.17) is 4.74 Å². The van der Waals surface area contributed by atoms with Gasteiger partial charge in [0.1, 0.15) is 5.60 Å². The van der Waals surface area contributed by atoms with Crippen molar-refractivity contribution in [1.29, 1.82) is 0 Å². The first kappa shape index (κ1) is 18.4. The predicted octanol–water partition coefficient (Wildman–Crippen LogP) is 1.95. The number of hydrogen-bond donors (Lipinski definition) is 2. The lowest BCUT2D eigenvalue weighted by Crippen LogP contribution is -2.51. The summed E-state index contributed by atoms with van der Waals surface area (Å²) < 4.78 is 5.25. The molecule has 0 aromatic carbocycles. The molecular weight excluding hydrogens is 306 g/mol. The average Bonchev–Trinajstić information content (AvgIpc) is 2.52. The summed E-state index contributed by atoms with van der Waals surface area (Å²) in [6.07, 6.45) is 5.38. The van der Waals surface area contributed by atoms with Gasteiger partial charge in [-0.25, -0.2) is 14.8 Å². The van der Waals surface area contributed by atoms with Crippen LogP contribution in [0.2, 0.25) is 0 Å². The average molecular weight is 335 g/mol. The Hall–Kier alpha value is -1.89. The molecule has 1 aromatic rings. The Morgan fingerprint density at radius 2 is 2.12 bits per heavy atom. The van der Waals surface area contributed by atoms with Gasteiger partial charge in [-0.15, -0.1) is 0 Å². The van der Waals surface area contributed by atoms with Crippen molar-refractivity contribution in [2.24, 2.45) is 0 Å². The third kappa shape index (κ3) is 6.31. The maximum atomic E-state index is 11.7. The number of ether oxygens (including phenoxy) is 1. The van der Waals surface area contributed by atoms with Crippen LogP contribution in [0, 0.1) is 0 Å². The third-order valence-corrected chi connectivity index (χ3v) is 3.73. The van der Waals surface area contributed by atoms with Gasteiger partial charge in [-0.2, -0.15) is 0 Å². The molecule has 0 bridgehead atoms. The molecule has 0 spiro atoms. The summed E-state index contributed by atoms with van der Waals surface area (Å²) in [5.41, 5.74) is -0.472. The molecule has 1 saturated heterocycles. The molecule has 1 amide bonds. The second kappa shape index (κ2) is 8.28. The van der Waals surface area contributed by atoms with Crippen molar-refractivity contribution >= 4 is 12.0 Å². The van der Waals surface area contributed by atoms with Crippen LogP contribution in [0.15, 0.2) is 18.5 Å². The minimum absolute atomic E-state index is 0.166. The smallest absolute Gasteiger partial charge is 0.407 e. The van der Waals surface area contributed by atoms with Crippen molar-refractivity contribution in [3.05, 3.63) is 18.5 Å². The Balaban J connectivity index is 1.75. The summed E-state index contributed by atoms with van der Waals surface area (Å²) in [7, 11) is 0. The van der Waals surface area contributed by atoms with Crippen LogP contribution in [0.25, 0.3) is 0 Å². The van der Waals surface area contributed by atoms with Gasteiger partial charge in [0.05, 0.1) is 0 Å². The monoisotopic (exact) mass is 335 g/mol. The number of carbonyl (C=O) groups excluding carboxylic acids is 1. The fraction of sp³-hybridized carbons (Fsp3) is 0.706. The zero-order valence-electron chi connectivity index (χ0n) is 15.1. The Kier molecular flexibility index (Phi) is 6.36. The van der Waals surface area contributed by atoms with Crippen LogP contribution in [0.4, 0.5) is 10.7 Å². The van der Waals surface area contributed by atoms with Crippen molar-refractivity contribution in [2.45, 2.75) is 58.2 Å². The standard InChI is InChI=1S/C17H29N5O2/c1-13(11-20-16(23)24-17(2,3)4)21-14-7-5-10-22(12-14)15-18-8-6-9-19-15/h6,8-9,13-14,21H,5,7,10-12H2,1-4H3,(H,20,23). The van der Waals surface area contributed by atoms with E-state index in [1.807, 2.05) is 26.8 Å². The van der Waals surface area contributed by atoms with E-state index in [9.17, 15) is 4.79 Å². The van der Waals surface area contributed by atoms with Gasteiger partial charge in [0.2, 0.25) is 5.95 Å². The van der Waals surface area contributed by atoms with E-state index in [-0.39, 0.29) is 12.1 Å². The van der Waals surface area contributed by atoms with Gasteiger partial charge in [-0.05, 0) is 46.6 Å². The van der Waals surface area contributed by atoms with E-state index in [1.165, 1.54) is 0 Å². The number of piperidine rings is 1. The minimum atomic E-state index is -0.472. The van der Waals surface area contributed by atoms with Gasteiger partial charge in [0.15, 0.2) is 0 Å². The molecule has 7 nitrogen and oxygen atoms in total. The highest BCUT2D eigenvalue weighted by molar-refractivity contribution is 5.67. The number of hydrogen-bond acceptors (Lipinski definition) is 6. The molecule has 2 N–H and O–H groups in total. The molecule has 7 heteroatoms. The molecule has 24 heavy (non-hydrogen) atoms. The van der Waals surface area contributed by atoms with Crippen LogP contribution >= 0.6 is 0 Å². The molecule has 1 aromatic heterocycles. The molecule has 134 valence electrons. The van der Waals surface area contributed by atoms with E-state index in [0.717, 1.165) is 31.9 Å². The van der Waals surface area contributed by atoms with Crippen LogP contribution in [-0.4, -0.2) is 53.4 Å². The predicted molar refractivity (Wildman–Crippen MR) is 94.1 cm³/mol. The molecule has 1 fully saturated rings. The van der Waals surface area contributed by atoms with E-state index in [1.54, 1.807) is 12.4 Å². The van der Waals surface area contributed by atoms with Crippen molar-refractivity contribution in [3.8, 4) is 0 Å². The van der Waals surface area contributed by atoms with Crippen LogP contribution in [-0.2, 0) is 4.74 Å². The number of aromatic nitrogens is 2. The van der Waals surface area contributed by atoms with Crippen molar-refractivity contribution in [2.75, 3.05) is 24.5 Å². The van der Waals surface area contributed by atoms with Gasteiger partial charge >= 0.3 is 6.09 Å². The quantitative estimate of drug-likeness (QED) is 0.856.